The second kappa shape index (κ2) is 6.43. The van der Waals surface area contributed by atoms with Crippen LogP contribution in [0, 0.1) is 20.2 Å². The van der Waals surface area contributed by atoms with Gasteiger partial charge in [-0.25, -0.2) is 4.79 Å². The lowest BCUT2D eigenvalue weighted by Crippen LogP contribution is -2.33. The molecule has 1 aromatic carbocycles. The van der Waals surface area contributed by atoms with E-state index in [9.17, 15) is 25.0 Å². The minimum Gasteiger partial charge on any atom is -0.480 e. The van der Waals surface area contributed by atoms with E-state index in [1.807, 2.05) is 0 Å². The summed E-state index contributed by atoms with van der Waals surface area (Å²) in [6.07, 6.45) is 0. The highest BCUT2D eigenvalue weighted by Crippen LogP contribution is 2.29. The van der Waals surface area contributed by atoms with Crippen LogP contribution in [-0.4, -0.2) is 40.7 Å². The van der Waals surface area contributed by atoms with Crippen LogP contribution in [0.4, 0.5) is 17.1 Å². The van der Waals surface area contributed by atoms with E-state index in [0.717, 1.165) is 18.2 Å². The third-order valence-corrected chi connectivity index (χ3v) is 2.35. The lowest BCUT2D eigenvalue weighted by molar-refractivity contribution is -0.393. The molecule has 10 nitrogen and oxygen atoms in total. The zero-order valence-electron chi connectivity index (χ0n) is 10.3. The summed E-state index contributed by atoms with van der Waals surface area (Å²) in [6, 6.07) is 1.68. The van der Waals surface area contributed by atoms with Gasteiger partial charge in [0, 0.05) is 13.2 Å². The number of carbonyl (C=O) groups is 1. The monoisotopic (exact) mass is 285 g/mol. The van der Waals surface area contributed by atoms with Gasteiger partial charge in [-0.1, -0.05) is 0 Å². The standard InChI is InChI=1S/C10H11N3O7/c1-20-5-8(10(14)15)11-7-3-2-6(12(16)17)4-9(7)13(18)19/h2-4,8,11H,5H2,1H3,(H,14,15). The predicted molar refractivity (Wildman–Crippen MR) is 66.7 cm³/mol. The minimum absolute atomic E-state index is 0.134. The minimum atomic E-state index is -1.26. The maximum Gasteiger partial charge on any atom is 0.328 e. The Bertz CT molecular complexity index is 546. The van der Waals surface area contributed by atoms with E-state index in [4.69, 9.17) is 5.11 Å². The van der Waals surface area contributed by atoms with Gasteiger partial charge >= 0.3 is 5.97 Å². The lowest BCUT2D eigenvalue weighted by Gasteiger charge is -2.14. The Balaban J connectivity index is 3.13. The highest BCUT2D eigenvalue weighted by atomic mass is 16.6. The first-order valence-electron chi connectivity index (χ1n) is 5.28. The van der Waals surface area contributed by atoms with Crippen LogP contribution in [0.15, 0.2) is 18.2 Å². The first-order valence-corrected chi connectivity index (χ1v) is 5.28. The summed E-state index contributed by atoms with van der Waals surface area (Å²) in [4.78, 5) is 30.8. The number of nitro benzene ring substituents is 2. The van der Waals surface area contributed by atoms with Gasteiger partial charge in [-0.3, -0.25) is 20.2 Å². The Morgan fingerprint density at radius 3 is 2.50 bits per heavy atom. The van der Waals surface area contributed by atoms with E-state index in [0.29, 0.717) is 0 Å². The van der Waals surface area contributed by atoms with E-state index in [1.165, 1.54) is 7.11 Å². The van der Waals surface area contributed by atoms with Gasteiger partial charge < -0.3 is 15.2 Å². The number of hydrogen-bond acceptors (Lipinski definition) is 7. The van der Waals surface area contributed by atoms with Crippen molar-refractivity contribution >= 4 is 23.0 Å². The van der Waals surface area contributed by atoms with Crippen LogP contribution in [0.2, 0.25) is 0 Å². The van der Waals surface area contributed by atoms with Gasteiger partial charge in [0.15, 0.2) is 0 Å². The number of carboxylic acids is 1. The molecule has 0 aliphatic rings. The fourth-order valence-electron chi connectivity index (χ4n) is 1.44. The Morgan fingerprint density at radius 2 is 2.05 bits per heavy atom. The third kappa shape index (κ3) is 3.62. The van der Waals surface area contributed by atoms with Gasteiger partial charge in [0.25, 0.3) is 11.4 Å². The van der Waals surface area contributed by atoms with Gasteiger partial charge in [0.2, 0.25) is 0 Å². The van der Waals surface area contributed by atoms with Crippen molar-refractivity contribution in [1.29, 1.82) is 0 Å². The molecule has 1 atom stereocenters. The number of ether oxygens (including phenoxy) is 1. The van der Waals surface area contributed by atoms with Gasteiger partial charge in [0.05, 0.1) is 22.5 Å². The van der Waals surface area contributed by atoms with Crippen molar-refractivity contribution in [1.82, 2.24) is 0 Å². The zero-order valence-corrected chi connectivity index (χ0v) is 10.3. The molecule has 108 valence electrons. The molecule has 0 bridgehead atoms. The van der Waals surface area contributed by atoms with Crippen molar-refractivity contribution in [2.24, 2.45) is 0 Å². The number of non-ortho nitro benzene ring substituents is 1. The summed E-state index contributed by atoms with van der Waals surface area (Å²) in [5.74, 6) is -1.26. The Morgan fingerprint density at radius 1 is 1.40 bits per heavy atom. The van der Waals surface area contributed by atoms with Crippen LogP contribution in [0.25, 0.3) is 0 Å². The fraction of sp³-hybridized carbons (Fsp3) is 0.300. The van der Waals surface area contributed by atoms with Gasteiger partial charge in [-0.15, -0.1) is 0 Å². The number of benzene rings is 1. The summed E-state index contributed by atoms with van der Waals surface area (Å²) in [6.45, 7) is -0.219. The van der Waals surface area contributed by atoms with Gasteiger partial charge in [0.1, 0.15) is 11.7 Å². The first kappa shape index (κ1) is 15.3. The molecule has 2 N–H and O–H groups in total. The van der Waals surface area contributed by atoms with Crippen molar-refractivity contribution in [2.45, 2.75) is 6.04 Å². The van der Waals surface area contributed by atoms with Crippen LogP contribution >= 0.6 is 0 Å². The number of hydrogen-bond donors (Lipinski definition) is 2. The molecule has 0 aromatic heterocycles. The SMILES string of the molecule is COCC(Nc1ccc([N+](=O)[O-])cc1[N+](=O)[O-])C(=O)O. The number of aliphatic carboxylic acids is 1. The number of rotatable bonds is 7. The summed E-state index contributed by atoms with van der Waals surface area (Å²) >= 11 is 0. The average molecular weight is 285 g/mol. The Hall–Kier alpha value is -2.75. The third-order valence-electron chi connectivity index (χ3n) is 2.35. The van der Waals surface area contributed by atoms with Crippen LogP contribution in [0.1, 0.15) is 0 Å². The van der Waals surface area contributed by atoms with Crippen LogP contribution in [0.5, 0.6) is 0 Å². The second-order valence-electron chi connectivity index (χ2n) is 3.71. The highest BCUT2D eigenvalue weighted by Gasteiger charge is 2.24. The number of methoxy groups -OCH3 is 1. The summed E-state index contributed by atoms with van der Waals surface area (Å²) in [5.41, 5.74) is -1.17. The molecule has 0 fully saturated rings. The Kier molecular flexibility index (Phi) is 4.92. The van der Waals surface area contributed by atoms with E-state index in [1.54, 1.807) is 0 Å². The quantitative estimate of drug-likeness (QED) is 0.557. The Labute approximate surface area is 112 Å². The molecule has 0 spiro atoms. The molecule has 0 aliphatic carbocycles. The van der Waals surface area contributed by atoms with Crippen LogP contribution in [-0.2, 0) is 9.53 Å². The molecule has 0 saturated carbocycles. The van der Waals surface area contributed by atoms with Gasteiger partial charge in [-0.2, -0.15) is 0 Å². The van der Waals surface area contributed by atoms with Crippen molar-refractivity contribution in [2.75, 3.05) is 19.0 Å². The van der Waals surface area contributed by atoms with E-state index < -0.39 is 33.2 Å². The molecule has 0 amide bonds. The largest absolute Gasteiger partial charge is 0.480 e. The maximum atomic E-state index is 10.9. The highest BCUT2D eigenvalue weighted by molar-refractivity contribution is 5.79. The number of nitrogens with one attached hydrogen (secondary N) is 1. The number of anilines is 1. The molecule has 0 radical (unpaired) electrons. The molecule has 0 aliphatic heterocycles. The summed E-state index contributed by atoms with van der Waals surface area (Å²) in [7, 11) is 1.28. The van der Waals surface area contributed by atoms with E-state index in [2.05, 4.69) is 10.1 Å². The molecular formula is C10H11N3O7. The number of carboxylic acid groups (broad SMARTS) is 1. The summed E-state index contributed by atoms with van der Waals surface area (Å²) in [5, 5.41) is 32.8. The van der Waals surface area contributed by atoms with Crippen LogP contribution in [0.3, 0.4) is 0 Å². The second-order valence-corrected chi connectivity index (χ2v) is 3.71. The normalized spacial score (nSPS) is 11.7. The first-order chi connectivity index (χ1) is 9.36. The van der Waals surface area contributed by atoms with Crippen molar-refractivity contribution < 1.29 is 24.5 Å². The van der Waals surface area contributed by atoms with Crippen LogP contribution < -0.4 is 5.32 Å². The molecule has 0 heterocycles. The van der Waals surface area contributed by atoms with Crippen molar-refractivity contribution in [3.8, 4) is 0 Å². The van der Waals surface area contributed by atoms with E-state index >= 15 is 0 Å². The smallest absolute Gasteiger partial charge is 0.328 e. The zero-order chi connectivity index (χ0) is 15.3. The predicted octanol–water partition coefficient (Wildman–Crippen LogP) is 1.01. The molecule has 20 heavy (non-hydrogen) atoms. The topological polar surface area (TPSA) is 145 Å². The lowest BCUT2D eigenvalue weighted by atomic mass is 10.2. The average Bonchev–Trinajstić information content (AvgIpc) is 2.37. The fourth-order valence-corrected chi connectivity index (χ4v) is 1.44. The summed E-state index contributed by atoms with van der Waals surface area (Å²) < 4.78 is 4.68. The molecule has 1 unspecified atom stereocenters. The van der Waals surface area contributed by atoms with Gasteiger partial charge in [-0.05, 0) is 6.07 Å². The molecule has 1 aromatic rings. The maximum absolute atomic E-state index is 10.9. The number of nitrogens with zero attached hydrogens (tertiary/aromatic N) is 2. The molecular weight excluding hydrogens is 274 g/mol. The molecule has 1 rings (SSSR count). The van der Waals surface area contributed by atoms with Crippen molar-refractivity contribution in [3.63, 3.8) is 0 Å². The van der Waals surface area contributed by atoms with Crippen molar-refractivity contribution in [3.05, 3.63) is 38.4 Å². The number of nitro groups is 2. The molecule has 0 saturated heterocycles. The van der Waals surface area contributed by atoms with E-state index in [-0.39, 0.29) is 12.3 Å². The molecule has 10 heteroatoms.